The average Bonchev–Trinajstić information content (AvgIpc) is 2.63. The lowest BCUT2D eigenvalue weighted by molar-refractivity contribution is 0.279. The summed E-state index contributed by atoms with van der Waals surface area (Å²) in [7, 11) is 0. The highest BCUT2D eigenvalue weighted by atomic mass is 15.1. The average molecular weight is 253 g/mol. The molecule has 98 valence electrons. The largest absolute Gasteiger partial charge is 0.384 e. The maximum absolute atomic E-state index is 5.77. The minimum absolute atomic E-state index is 0.634. The van der Waals surface area contributed by atoms with E-state index >= 15 is 0 Å². The molecule has 19 heavy (non-hydrogen) atoms. The Hall–Kier alpha value is -1.87. The highest BCUT2D eigenvalue weighted by Gasteiger charge is 2.15. The first-order valence-corrected chi connectivity index (χ1v) is 6.82. The van der Waals surface area contributed by atoms with Crippen molar-refractivity contribution in [1.82, 2.24) is 9.88 Å². The van der Waals surface area contributed by atoms with E-state index in [2.05, 4.69) is 46.3 Å². The van der Waals surface area contributed by atoms with Crippen LogP contribution in [0.2, 0.25) is 0 Å². The van der Waals surface area contributed by atoms with Gasteiger partial charge in [-0.2, -0.15) is 0 Å². The van der Waals surface area contributed by atoms with Crippen molar-refractivity contribution in [1.29, 1.82) is 0 Å². The predicted molar refractivity (Wildman–Crippen MR) is 77.8 cm³/mol. The fraction of sp³-hybridized carbons (Fsp3) is 0.312. The van der Waals surface area contributed by atoms with Gasteiger partial charge in [-0.15, -0.1) is 0 Å². The van der Waals surface area contributed by atoms with Crippen LogP contribution >= 0.6 is 0 Å². The normalized spacial score (nSPS) is 15.8. The Morgan fingerprint density at radius 2 is 1.79 bits per heavy atom. The molecule has 0 unspecified atom stereocenters. The van der Waals surface area contributed by atoms with Crippen LogP contribution in [0.25, 0.3) is 0 Å². The number of nitrogen functional groups attached to an aromatic ring is 1. The van der Waals surface area contributed by atoms with E-state index in [1.165, 1.54) is 16.8 Å². The molecule has 1 aliphatic heterocycles. The van der Waals surface area contributed by atoms with Crippen molar-refractivity contribution < 1.29 is 0 Å². The third-order valence-corrected chi connectivity index (χ3v) is 3.70. The molecule has 0 fully saturated rings. The van der Waals surface area contributed by atoms with Gasteiger partial charge in [0.2, 0.25) is 0 Å². The van der Waals surface area contributed by atoms with Crippen LogP contribution < -0.4 is 5.73 Å². The van der Waals surface area contributed by atoms with Gasteiger partial charge < -0.3 is 5.73 Å². The Morgan fingerprint density at radius 1 is 1.00 bits per heavy atom. The molecule has 1 aromatic carbocycles. The fourth-order valence-corrected chi connectivity index (χ4v) is 2.65. The van der Waals surface area contributed by atoms with Gasteiger partial charge in [-0.05, 0) is 23.6 Å². The Balaban J connectivity index is 1.70. The van der Waals surface area contributed by atoms with E-state index in [4.69, 9.17) is 5.73 Å². The molecule has 0 atom stereocenters. The van der Waals surface area contributed by atoms with E-state index in [9.17, 15) is 0 Å². The molecule has 3 rings (SSSR count). The zero-order chi connectivity index (χ0) is 13.1. The first kappa shape index (κ1) is 12.2. The van der Waals surface area contributed by atoms with Crippen molar-refractivity contribution in [2.24, 2.45) is 0 Å². The summed E-state index contributed by atoms with van der Waals surface area (Å²) in [6.07, 6.45) is 2.06. The number of benzene rings is 1. The zero-order valence-electron chi connectivity index (χ0n) is 11.0. The van der Waals surface area contributed by atoms with Gasteiger partial charge in [0.15, 0.2) is 0 Å². The minimum atomic E-state index is 0.634. The van der Waals surface area contributed by atoms with Gasteiger partial charge in [-0.25, -0.2) is 4.98 Å². The smallest absolute Gasteiger partial charge is 0.123 e. The molecule has 3 heteroatoms. The summed E-state index contributed by atoms with van der Waals surface area (Å²) in [5.41, 5.74) is 9.67. The first-order chi connectivity index (χ1) is 9.31. The number of pyridine rings is 1. The Kier molecular flexibility index (Phi) is 3.47. The van der Waals surface area contributed by atoms with Crippen molar-refractivity contribution in [2.75, 3.05) is 18.8 Å². The summed E-state index contributed by atoms with van der Waals surface area (Å²) in [5.74, 6) is 0.634. The van der Waals surface area contributed by atoms with Gasteiger partial charge in [0.1, 0.15) is 5.82 Å². The van der Waals surface area contributed by atoms with Crippen molar-refractivity contribution in [3.8, 4) is 0 Å². The van der Waals surface area contributed by atoms with Gasteiger partial charge in [0.05, 0.1) is 0 Å². The van der Waals surface area contributed by atoms with Crippen LogP contribution in [0, 0.1) is 0 Å². The predicted octanol–water partition coefficient (Wildman–Crippen LogP) is 2.26. The second-order valence-electron chi connectivity index (χ2n) is 5.10. The van der Waals surface area contributed by atoms with Crippen LogP contribution in [0.1, 0.15) is 16.8 Å². The number of fused-ring (bicyclic) bond motifs is 1. The molecule has 0 saturated carbocycles. The molecule has 0 bridgehead atoms. The molecule has 0 saturated heterocycles. The van der Waals surface area contributed by atoms with Crippen LogP contribution in [-0.2, 0) is 19.4 Å². The number of anilines is 1. The third-order valence-electron chi connectivity index (χ3n) is 3.70. The lowest BCUT2D eigenvalue weighted by Gasteiger charge is -2.19. The summed E-state index contributed by atoms with van der Waals surface area (Å²) in [6, 6.07) is 14.7. The molecule has 0 amide bonds. The molecule has 2 aromatic rings. The van der Waals surface area contributed by atoms with Crippen LogP contribution in [0.4, 0.5) is 5.82 Å². The summed E-state index contributed by atoms with van der Waals surface area (Å²) in [4.78, 5) is 6.96. The van der Waals surface area contributed by atoms with Gasteiger partial charge in [0, 0.05) is 31.7 Å². The third kappa shape index (κ3) is 2.93. The van der Waals surface area contributed by atoms with Crippen molar-refractivity contribution in [3.05, 3.63) is 59.3 Å². The molecule has 2 N–H and O–H groups in total. The standard InChI is InChI=1S/C16H19N3/c17-16-7-6-14-8-10-19(11-9-15(14)18-16)12-13-4-2-1-3-5-13/h1-7H,8-12H2,(H2,17,18). The van der Waals surface area contributed by atoms with E-state index < -0.39 is 0 Å². The topological polar surface area (TPSA) is 42.1 Å². The van der Waals surface area contributed by atoms with Gasteiger partial charge >= 0.3 is 0 Å². The number of hydrogen-bond donors (Lipinski definition) is 1. The number of nitrogens with two attached hydrogens (primary N) is 1. The van der Waals surface area contributed by atoms with E-state index in [1.807, 2.05) is 6.07 Å². The molecule has 0 spiro atoms. The number of aromatic nitrogens is 1. The number of rotatable bonds is 2. The zero-order valence-corrected chi connectivity index (χ0v) is 11.0. The van der Waals surface area contributed by atoms with Crippen LogP contribution in [0.15, 0.2) is 42.5 Å². The summed E-state index contributed by atoms with van der Waals surface area (Å²) >= 11 is 0. The van der Waals surface area contributed by atoms with E-state index in [1.54, 1.807) is 0 Å². The second-order valence-corrected chi connectivity index (χ2v) is 5.10. The van der Waals surface area contributed by atoms with Crippen LogP contribution in [0.5, 0.6) is 0 Å². The Morgan fingerprint density at radius 3 is 2.63 bits per heavy atom. The maximum Gasteiger partial charge on any atom is 0.123 e. The molecule has 2 heterocycles. The molecular weight excluding hydrogens is 234 g/mol. The van der Waals surface area contributed by atoms with E-state index in [0.29, 0.717) is 5.82 Å². The Labute approximate surface area is 114 Å². The van der Waals surface area contributed by atoms with Crippen LogP contribution in [-0.4, -0.2) is 23.0 Å². The fourth-order valence-electron chi connectivity index (χ4n) is 2.65. The monoisotopic (exact) mass is 253 g/mol. The maximum atomic E-state index is 5.77. The minimum Gasteiger partial charge on any atom is -0.384 e. The van der Waals surface area contributed by atoms with Crippen molar-refractivity contribution >= 4 is 5.82 Å². The van der Waals surface area contributed by atoms with Gasteiger partial charge in [0.25, 0.3) is 0 Å². The lowest BCUT2D eigenvalue weighted by atomic mass is 10.1. The van der Waals surface area contributed by atoms with Crippen LogP contribution in [0.3, 0.4) is 0 Å². The molecular formula is C16H19N3. The molecule has 1 aromatic heterocycles. The highest BCUT2D eigenvalue weighted by Crippen LogP contribution is 2.17. The van der Waals surface area contributed by atoms with Gasteiger partial charge in [-0.3, -0.25) is 4.90 Å². The SMILES string of the molecule is Nc1ccc2c(n1)CCN(Cc1ccccc1)CC2. The number of nitrogens with zero attached hydrogens (tertiary/aromatic N) is 2. The van der Waals surface area contributed by atoms with E-state index in [-0.39, 0.29) is 0 Å². The molecule has 3 nitrogen and oxygen atoms in total. The highest BCUT2D eigenvalue weighted by molar-refractivity contribution is 5.35. The molecule has 1 aliphatic rings. The quantitative estimate of drug-likeness (QED) is 0.892. The molecule has 0 radical (unpaired) electrons. The van der Waals surface area contributed by atoms with Crippen molar-refractivity contribution in [3.63, 3.8) is 0 Å². The second kappa shape index (κ2) is 5.41. The van der Waals surface area contributed by atoms with E-state index in [0.717, 1.165) is 32.5 Å². The first-order valence-electron chi connectivity index (χ1n) is 6.82. The molecule has 0 aliphatic carbocycles. The lowest BCUT2D eigenvalue weighted by Crippen LogP contribution is -2.25. The van der Waals surface area contributed by atoms with Crippen molar-refractivity contribution in [2.45, 2.75) is 19.4 Å². The van der Waals surface area contributed by atoms with Gasteiger partial charge in [-0.1, -0.05) is 36.4 Å². The number of hydrogen-bond acceptors (Lipinski definition) is 3. The summed E-state index contributed by atoms with van der Waals surface area (Å²) in [6.45, 7) is 3.16. The summed E-state index contributed by atoms with van der Waals surface area (Å²) < 4.78 is 0. The Bertz CT molecular complexity index is 551. The summed E-state index contributed by atoms with van der Waals surface area (Å²) in [5, 5.41) is 0.